The molecule has 142 valence electrons. The second kappa shape index (κ2) is 6.64. The molecule has 4 rings (SSSR count). The first kappa shape index (κ1) is 17.4. The quantitative estimate of drug-likeness (QED) is 0.743. The number of fused-ring (bicyclic) bond motifs is 1. The summed E-state index contributed by atoms with van der Waals surface area (Å²) in [6.07, 6.45) is 5.15. The van der Waals surface area contributed by atoms with E-state index in [2.05, 4.69) is 20.5 Å². The van der Waals surface area contributed by atoms with Gasteiger partial charge in [0.2, 0.25) is 5.95 Å². The van der Waals surface area contributed by atoms with Crippen LogP contribution in [0.3, 0.4) is 0 Å². The van der Waals surface area contributed by atoms with Gasteiger partial charge in [0.15, 0.2) is 5.65 Å². The van der Waals surface area contributed by atoms with Crippen molar-refractivity contribution in [2.75, 3.05) is 5.32 Å². The first-order valence-electron chi connectivity index (χ1n) is 9.16. The SMILES string of the molecule is Cc1ccc(=O)n(C2CCC(Nc3nc4nn(C)cc4c(=O)n3C)CC2)n1. The number of hydrogen-bond donors (Lipinski definition) is 1. The highest BCUT2D eigenvalue weighted by Gasteiger charge is 2.25. The van der Waals surface area contributed by atoms with Crippen LogP contribution < -0.4 is 16.4 Å². The number of anilines is 1. The first-order chi connectivity index (χ1) is 12.9. The van der Waals surface area contributed by atoms with Crippen LogP contribution in [0.15, 0.2) is 27.9 Å². The summed E-state index contributed by atoms with van der Waals surface area (Å²) in [6.45, 7) is 1.89. The van der Waals surface area contributed by atoms with Crippen molar-refractivity contribution in [1.29, 1.82) is 0 Å². The summed E-state index contributed by atoms with van der Waals surface area (Å²) in [4.78, 5) is 29.1. The standard InChI is InChI=1S/C18H23N7O2/c1-11-4-9-15(26)25(21-11)13-7-5-12(6-8-13)19-18-20-16-14(10-23(2)22-16)17(27)24(18)3/h4,9-10,12-13H,5-8H2,1-3H3,(H,19,20,22). The summed E-state index contributed by atoms with van der Waals surface area (Å²) in [5, 5.41) is 12.5. The Hall–Kier alpha value is -2.97. The van der Waals surface area contributed by atoms with E-state index in [1.165, 1.54) is 4.57 Å². The molecule has 1 fully saturated rings. The van der Waals surface area contributed by atoms with Crippen LogP contribution in [0.25, 0.3) is 11.0 Å². The Labute approximate surface area is 155 Å². The molecule has 3 aromatic heterocycles. The monoisotopic (exact) mass is 369 g/mol. The molecule has 3 heterocycles. The van der Waals surface area contributed by atoms with E-state index in [1.54, 1.807) is 41.8 Å². The van der Waals surface area contributed by atoms with Crippen LogP contribution in [0.4, 0.5) is 5.95 Å². The third-order valence-electron chi connectivity index (χ3n) is 5.21. The maximum Gasteiger partial charge on any atom is 0.267 e. The van der Waals surface area contributed by atoms with Crippen molar-refractivity contribution >= 4 is 17.0 Å². The van der Waals surface area contributed by atoms with E-state index in [-0.39, 0.29) is 23.2 Å². The van der Waals surface area contributed by atoms with Gasteiger partial charge in [-0.1, -0.05) is 0 Å². The third-order valence-corrected chi connectivity index (χ3v) is 5.21. The maximum absolute atomic E-state index is 12.5. The zero-order valence-electron chi connectivity index (χ0n) is 15.7. The molecule has 0 bridgehead atoms. The van der Waals surface area contributed by atoms with Crippen molar-refractivity contribution in [2.45, 2.75) is 44.7 Å². The fourth-order valence-corrected chi connectivity index (χ4v) is 3.72. The van der Waals surface area contributed by atoms with Crippen molar-refractivity contribution < 1.29 is 0 Å². The fourth-order valence-electron chi connectivity index (χ4n) is 3.72. The minimum absolute atomic E-state index is 0.0540. The summed E-state index contributed by atoms with van der Waals surface area (Å²) in [5.41, 5.74) is 1.13. The Bertz CT molecular complexity index is 1100. The van der Waals surface area contributed by atoms with Gasteiger partial charge in [0.25, 0.3) is 11.1 Å². The molecule has 0 spiro atoms. The van der Waals surface area contributed by atoms with E-state index >= 15 is 0 Å². The smallest absolute Gasteiger partial charge is 0.267 e. The highest BCUT2D eigenvalue weighted by Crippen LogP contribution is 2.28. The zero-order valence-corrected chi connectivity index (χ0v) is 15.7. The summed E-state index contributed by atoms with van der Waals surface area (Å²) < 4.78 is 4.74. The molecular weight excluding hydrogens is 346 g/mol. The molecule has 27 heavy (non-hydrogen) atoms. The Balaban J connectivity index is 1.50. The van der Waals surface area contributed by atoms with Gasteiger partial charge >= 0.3 is 0 Å². The molecule has 0 radical (unpaired) electrons. The number of aryl methyl sites for hydroxylation is 2. The highest BCUT2D eigenvalue weighted by atomic mass is 16.1. The van der Waals surface area contributed by atoms with Crippen LogP contribution in [-0.2, 0) is 14.1 Å². The van der Waals surface area contributed by atoms with Crippen molar-refractivity contribution in [2.24, 2.45) is 14.1 Å². The molecule has 0 unspecified atom stereocenters. The van der Waals surface area contributed by atoms with Gasteiger partial charge in [0, 0.05) is 32.4 Å². The minimum Gasteiger partial charge on any atom is -0.353 e. The lowest BCUT2D eigenvalue weighted by Crippen LogP contribution is -2.34. The molecule has 3 aromatic rings. The highest BCUT2D eigenvalue weighted by molar-refractivity contribution is 5.74. The lowest BCUT2D eigenvalue weighted by atomic mass is 9.91. The van der Waals surface area contributed by atoms with Gasteiger partial charge in [-0.25, -0.2) is 4.68 Å². The molecule has 0 atom stereocenters. The van der Waals surface area contributed by atoms with Crippen molar-refractivity contribution in [1.82, 2.24) is 29.1 Å². The summed E-state index contributed by atoms with van der Waals surface area (Å²) in [7, 11) is 3.49. The Morgan fingerprint density at radius 3 is 2.56 bits per heavy atom. The van der Waals surface area contributed by atoms with E-state index in [1.807, 2.05) is 6.92 Å². The predicted octanol–water partition coefficient (Wildman–Crippen LogP) is 1.13. The molecule has 1 saturated carbocycles. The summed E-state index contributed by atoms with van der Waals surface area (Å²) in [6, 6.07) is 3.63. The van der Waals surface area contributed by atoms with Crippen molar-refractivity contribution in [3.8, 4) is 0 Å². The van der Waals surface area contributed by atoms with Crippen molar-refractivity contribution in [3.63, 3.8) is 0 Å². The molecule has 1 aliphatic carbocycles. The summed E-state index contributed by atoms with van der Waals surface area (Å²) in [5.74, 6) is 0.528. The number of aromatic nitrogens is 6. The van der Waals surface area contributed by atoms with Gasteiger partial charge < -0.3 is 5.32 Å². The Morgan fingerprint density at radius 2 is 1.81 bits per heavy atom. The van der Waals surface area contributed by atoms with Crippen LogP contribution in [-0.4, -0.2) is 35.2 Å². The Morgan fingerprint density at radius 1 is 1.07 bits per heavy atom. The minimum atomic E-state index is -0.111. The van der Waals surface area contributed by atoms with Crippen LogP contribution in [0.2, 0.25) is 0 Å². The first-order valence-corrected chi connectivity index (χ1v) is 9.16. The van der Waals surface area contributed by atoms with Gasteiger partial charge in [-0.2, -0.15) is 15.2 Å². The van der Waals surface area contributed by atoms with Crippen LogP contribution in [0, 0.1) is 6.92 Å². The number of rotatable bonds is 3. The zero-order chi connectivity index (χ0) is 19.1. The van der Waals surface area contributed by atoms with Gasteiger partial charge in [-0.05, 0) is 38.7 Å². The second-order valence-electron chi connectivity index (χ2n) is 7.25. The van der Waals surface area contributed by atoms with E-state index in [4.69, 9.17) is 0 Å². The normalized spacial score (nSPS) is 20.1. The van der Waals surface area contributed by atoms with E-state index < -0.39 is 0 Å². The molecule has 1 aliphatic rings. The molecule has 0 amide bonds. The van der Waals surface area contributed by atoms with E-state index in [0.29, 0.717) is 17.0 Å². The van der Waals surface area contributed by atoms with Gasteiger partial charge in [0.05, 0.1) is 11.7 Å². The maximum atomic E-state index is 12.5. The van der Waals surface area contributed by atoms with Crippen LogP contribution in [0.1, 0.15) is 37.4 Å². The van der Waals surface area contributed by atoms with Gasteiger partial charge in [0.1, 0.15) is 5.39 Å². The van der Waals surface area contributed by atoms with Crippen LogP contribution in [0.5, 0.6) is 0 Å². The molecule has 9 heteroatoms. The molecule has 9 nitrogen and oxygen atoms in total. The molecular formula is C18H23N7O2. The Kier molecular flexibility index (Phi) is 4.29. The topological polar surface area (TPSA) is 99.6 Å². The van der Waals surface area contributed by atoms with Crippen LogP contribution >= 0.6 is 0 Å². The average molecular weight is 369 g/mol. The lowest BCUT2D eigenvalue weighted by Gasteiger charge is -2.30. The molecule has 0 aromatic carbocycles. The number of hydrogen-bond acceptors (Lipinski definition) is 6. The lowest BCUT2D eigenvalue weighted by molar-refractivity contribution is 0.301. The number of nitrogens with zero attached hydrogens (tertiary/aromatic N) is 6. The largest absolute Gasteiger partial charge is 0.353 e. The average Bonchev–Trinajstić information content (AvgIpc) is 3.03. The van der Waals surface area contributed by atoms with Gasteiger partial charge in [-0.15, -0.1) is 0 Å². The van der Waals surface area contributed by atoms with E-state index in [0.717, 1.165) is 31.4 Å². The number of nitrogens with one attached hydrogen (secondary N) is 1. The van der Waals surface area contributed by atoms with Crippen molar-refractivity contribution in [3.05, 3.63) is 44.7 Å². The predicted molar refractivity (Wildman–Crippen MR) is 102 cm³/mol. The molecule has 1 N–H and O–H groups in total. The molecule has 0 saturated heterocycles. The fraction of sp³-hybridized carbons (Fsp3) is 0.500. The third kappa shape index (κ3) is 3.24. The summed E-state index contributed by atoms with van der Waals surface area (Å²) >= 11 is 0. The van der Waals surface area contributed by atoms with Gasteiger partial charge in [-0.3, -0.25) is 18.8 Å². The van der Waals surface area contributed by atoms with E-state index in [9.17, 15) is 9.59 Å². The molecule has 0 aliphatic heterocycles. The second-order valence-corrected chi connectivity index (χ2v) is 7.25.